The van der Waals surface area contributed by atoms with Gasteiger partial charge in [0.1, 0.15) is 11.3 Å². The van der Waals surface area contributed by atoms with Crippen LogP contribution >= 0.6 is 0 Å². The minimum Gasteiger partial charge on any atom is -0.461 e. The van der Waals surface area contributed by atoms with Crippen LogP contribution in [0.2, 0.25) is 0 Å². The first kappa shape index (κ1) is 11.8. The summed E-state index contributed by atoms with van der Waals surface area (Å²) in [5.41, 5.74) is 3.87. The number of furan rings is 1. The van der Waals surface area contributed by atoms with Crippen LogP contribution in [0.4, 0.5) is 0 Å². The van der Waals surface area contributed by atoms with E-state index in [9.17, 15) is 0 Å². The minimum absolute atomic E-state index is 0.695. The van der Waals surface area contributed by atoms with E-state index >= 15 is 0 Å². The van der Waals surface area contributed by atoms with Gasteiger partial charge in [0.25, 0.3) is 0 Å². The Hall–Kier alpha value is -1.28. The second kappa shape index (κ2) is 4.43. The van der Waals surface area contributed by atoms with Gasteiger partial charge in [-0.3, -0.25) is 0 Å². The number of aryl methyl sites for hydroxylation is 2. The van der Waals surface area contributed by atoms with E-state index in [0.29, 0.717) is 5.92 Å². The Bertz CT molecular complexity index is 562. The van der Waals surface area contributed by atoms with E-state index in [1.807, 2.05) is 0 Å². The number of piperidine rings is 1. The van der Waals surface area contributed by atoms with Gasteiger partial charge in [0.2, 0.25) is 0 Å². The van der Waals surface area contributed by atoms with Crippen LogP contribution in [0, 0.1) is 13.8 Å². The van der Waals surface area contributed by atoms with Crippen molar-refractivity contribution in [3.63, 3.8) is 0 Å². The van der Waals surface area contributed by atoms with Gasteiger partial charge in [0, 0.05) is 5.39 Å². The molecule has 1 saturated heterocycles. The van der Waals surface area contributed by atoms with E-state index < -0.39 is 0 Å². The number of hydrogen-bond acceptors (Lipinski definition) is 2. The largest absolute Gasteiger partial charge is 0.461 e. The number of nitrogens with zero attached hydrogens (tertiary/aromatic N) is 1. The molecule has 0 atom stereocenters. The van der Waals surface area contributed by atoms with Crippen molar-refractivity contribution < 1.29 is 4.42 Å². The summed E-state index contributed by atoms with van der Waals surface area (Å²) >= 11 is 0. The van der Waals surface area contributed by atoms with Crippen LogP contribution in [-0.4, -0.2) is 25.0 Å². The monoisotopic (exact) mass is 243 g/mol. The molecular formula is C16H21NO. The quantitative estimate of drug-likeness (QED) is 0.756. The Morgan fingerprint density at radius 3 is 2.61 bits per heavy atom. The van der Waals surface area contributed by atoms with E-state index in [2.05, 4.69) is 44.0 Å². The predicted octanol–water partition coefficient (Wildman–Crippen LogP) is 3.86. The van der Waals surface area contributed by atoms with Crippen LogP contribution < -0.4 is 0 Å². The Balaban J connectivity index is 2.06. The Kier molecular flexibility index (Phi) is 2.90. The minimum atomic E-state index is 0.695. The van der Waals surface area contributed by atoms with Crippen LogP contribution in [0.5, 0.6) is 0 Å². The fourth-order valence-corrected chi connectivity index (χ4v) is 3.11. The highest BCUT2D eigenvalue weighted by Crippen LogP contribution is 2.36. The van der Waals surface area contributed by atoms with Crippen molar-refractivity contribution in [1.29, 1.82) is 0 Å². The second-order valence-electron chi connectivity index (χ2n) is 5.58. The number of hydrogen-bond donors (Lipinski definition) is 0. The van der Waals surface area contributed by atoms with Crippen molar-refractivity contribution in [3.8, 4) is 0 Å². The van der Waals surface area contributed by atoms with Gasteiger partial charge < -0.3 is 9.32 Å². The van der Waals surface area contributed by atoms with Crippen molar-refractivity contribution in [2.45, 2.75) is 32.6 Å². The van der Waals surface area contributed by atoms with Crippen LogP contribution in [0.1, 0.15) is 35.6 Å². The molecule has 1 aromatic carbocycles. The van der Waals surface area contributed by atoms with Crippen molar-refractivity contribution in [3.05, 3.63) is 35.1 Å². The highest BCUT2D eigenvalue weighted by Gasteiger charge is 2.22. The first-order valence-electron chi connectivity index (χ1n) is 6.84. The van der Waals surface area contributed by atoms with Gasteiger partial charge in [-0.05, 0) is 69.9 Å². The number of likely N-dealkylation sites (tertiary alicyclic amines) is 1. The highest BCUT2D eigenvalue weighted by molar-refractivity contribution is 5.86. The summed E-state index contributed by atoms with van der Waals surface area (Å²) in [7, 11) is 2.21. The molecule has 1 aromatic heterocycles. The summed E-state index contributed by atoms with van der Waals surface area (Å²) in [6.45, 7) is 6.65. The van der Waals surface area contributed by atoms with Crippen molar-refractivity contribution in [2.75, 3.05) is 20.1 Å². The zero-order chi connectivity index (χ0) is 12.7. The van der Waals surface area contributed by atoms with Crippen LogP contribution in [-0.2, 0) is 0 Å². The third-order valence-corrected chi connectivity index (χ3v) is 4.38. The van der Waals surface area contributed by atoms with E-state index in [0.717, 1.165) is 11.3 Å². The molecule has 0 unspecified atom stereocenters. The molecule has 0 aliphatic carbocycles. The van der Waals surface area contributed by atoms with Crippen molar-refractivity contribution in [2.24, 2.45) is 0 Å². The lowest BCUT2D eigenvalue weighted by molar-refractivity contribution is 0.256. The standard InChI is InChI=1S/C16H21NO/c1-11-12(2)18-15-6-4-5-14(16(11)15)13-7-9-17(3)10-8-13/h4-6,13H,7-10H2,1-3H3. The lowest BCUT2D eigenvalue weighted by Crippen LogP contribution is -2.29. The molecule has 2 nitrogen and oxygen atoms in total. The van der Waals surface area contributed by atoms with Gasteiger partial charge in [-0.15, -0.1) is 0 Å². The highest BCUT2D eigenvalue weighted by atomic mass is 16.3. The third-order valence-electron chi connectivity index (χ3n) is 4.38. The Morgan fingerprint density at radius 2 is 1.89 bits per heavy atom. The van der Waals surface area contributed by atoms with E-state index in [1.54, 1.807) is 0 Å². The first-order valence-corrected chi connectivity index (χ1v) is 6.84. The van der Waals surface area contributed by atoms with Gasteiger partial charge in [-0.2, -0.15) is 0 Å². The zero-order valence-electron chi connectivity index (χ0n) is 11.5. The molecule has 0 bridgehead atoms. The summed E-state index contributed by atoms with van der Waals surface area (Å²) in [6, 6.07) is 6.52. The number of rotatable bonds is 1. The fraction of sp³-hybridized carbons (Fsp3) is 0.500. The van der Waals surface area contributed by atoms with Gasteiger partial charge in [0.05, 0.1) is 0 Å². The molecule has 0 radical (unpaired) electrons. The zero-order valence-corrected chi connectivity index (χ0v) is 11.5. The van der Waals surface area contributed by atoms with Crippen molar-refractivity contribution >= 4 is 11.0 Å². The molecule has 1 aliphatic heterocycles. The summed E-state index contributed by atoms with van der Waals surface area (Å²) in [5, 5.41) is 1.37. The molecule has 1 fully saturated rings. The van der Waals surface area contributed by atoms with Crippen LogP contribution in [0.15, 0.2) is 22.6 Å². The molecule has 2 heteroatoms. The maximum atomic E-state index is 5.84. The smallest absolute Gasteiger partial charge is 0.134 e. The van der Waals surface area contributed by atoms with E-state index in [4.69, 9.17) is 4.42 Å². The summed E-state index contributed by atoms with van der Waals surface area (Å²) in [5.74, 6) is 1.76. The maximum Gasteiger partial charge on any atom is 0.134 e. The van der Waals surface area contributed by atoms with E-state index in [-0.39, 0.29) is 0 Å². The average Bonchev–Trinajstić information content (AvgIpc) is 2.66. The number of benzene rings is 1. The van der Waals surface area contributed by atoms with Gasteiger partial charge in [-0.1, -0.05) is 12.1 Å². The molecule has 3 rings (SSSR count). The molecule has 1 aliphatic rings. The van der Waals surface area contributed by atoms with Gasteiger partial charge in [-0.25, -0.2) is 0 Å². The Morgan fingerprint density at radius 1 is 1.17 bits per heavy atom. The number of fused-ring (bicyclic) bond motifs is 1. The molecule has 0 N–H and O–H groups in total. The predicted molar refractivity (Wildman–Crippen MR) is 75.2 cm³/mol. The third kappa shape index (κ3) is 1.85. The molecular weight excluding hydrogens is 222 g/mol. The average molecular weight is 243 g/mol. The van der Waals surface area contributed by atoms with Crippen LogP contribution in [0.3, 0.4) is 0 Å². The molecule has 0 saturated carbocycles. The SMILES string of the molecule is Cc1oc2cccc(C3CCN(C)CC3)c2c1C. The maximum absolute atomic E-state index is 5.84. The molecule has 18 heavy (non-hydrogen) atoms. The van der Waals surface area contributed by atoms with Gasteiger partial charge in [0.15, 0.2) is 0 Å². The first-order chi connectivity index (χ1) is 8.66. The normalized spacial score (nSPS) is 18.6. The lowest BCUT2D eigenvalue weighted by Gasteiger charge is -2.29. The topological polar surface area (TPSA) is 16.4 Å². The molecule has 2 aromatic rings. The molecule has 0 amide bonds. The van der Waals surface area contributed by atoms with Crippen LogP contribution in [0.25, 0.3) is 11.0 Å². The fourth-order valence-electron chi connectivity index (χ4n) is 3.11. The van der Waals surface area contributed by atoms with Gasteiger partial charge >= 0.3 is 0 Å². The van der Waals surface area contributed by atoms with Crippen molar-refractivity contribution in [1.82, 2.24) is 4.90 Å². The molecule has 2 heterocycles. The summed E-state index contributed by atoms with van der Waals surface area (Å²) < 4.78 is 5.84. The lowest BCUT2D eigenvalue weighted by atomic mass is 9.87. The summed E-state index contributed by atoms with van der Waals surface area (Å²) in [6.07, 6.45) is 2.53. The molecule has 0 spiro atoms. The summed E-state index contributed by atoms with van der Waals surface area (Å²) in [4.78, 5) is 2.42. The molecule has 96 valence electrons. The van der Waals surface area contributed by atoms with E-state index in [1.165, 1.54) is 42.4 Å². The Labute approximate surface area is 109 Å². The second-order valence-corrected chi connectivity index (χ2v) is 5.58.